The van der Waals surface area contributed by atoms with E-state index >= 15 is 0 Å². The standard InChI is InChI=1S/C14H14ClNO3S2/c1-4-16-13(17)12(21-14(16)20)6-8-5-10(18-2)11(19-3)7-9(8)15/h5-7H,4H2,1-3H3. The summed E-state index contributed by atoms with van der Waals surface area (Å²) in [4.78, 5) is 14.3. The first kappa shape index (κ1) is 16.1. The Morgan fingerprint density at radius 2 is 1.95 bits per heavy atom. The molecule has 4 nitrogen and oxygen atoms in total. The van der Waals surface area contributed by atoms with Gasteiger partial charge in [0.1, 0.15) is 4.32 Å². The molecular formula is C14H14ClNO3S2. The molecule has 2 rings (SSSR count). The Bertz CT molecular complexity index is 631. The highest BCUT2D eigenvalue weighted by Crippen LogP contribution is 2.37. The van der Waals surface area contributed by atoms with Crippen LogP contribution in [0.4, 0.5) is 0 Å². The van der Waals surface area contributed by atoms with Gasteiger partial charge < -0.3 is 9.47 Å². The van der Waals surface area contributed by atoms with E-state index in [0.29, 0.717) is 37.9 Å². The maximum absolute atomic E-state index is 12.2. The van der Waals surface area contributed by atoms with Crippen molar-refractivity contribution in [2.75, 3.05) is 20.8 Å². The summed E-state index contributed by atoms with van der Waals surface area (Å²) in [7, 11) is 3.09. The van der Waals surface area contributed by atoms with E-state index in [1.165, 1.54) is 11.8 Å². The lowest BCUT2D eigenvalue weighted by Crippen LogP contribution is -2.27. The number of likely N-dealkylation sites (N-methyl/N-ethyl adjacent to an activating group) is 1. The van der Waals surface area contributed by atoms with Crippen molar-refractivity contribution in [3.05, 3.63) is 27.6 Å². The van der Waals surface area contributed by atoms with Crippen molar-refractivity contribution in [3.63, 3.8) is 0 Å². The second kappa shape index (κ2) is 6.68. The largest absolute Gasteiger partial charge is 0.493 e. The van der Waals surface area contributed by atoms with Crippen molar-refractivity contribution >= 4 is 51.9 Å². The van der Waals surface area contributed by atoms with Gasteiger partial charge in [-0.05, 0) is 24.6 Å². The number of thiocarbonyl (C=S) groups is 1. The predicted octanol–water partition coefficient (Wildman–Crippen LogP) is 3.58. The van der Waals surface area contributed by atoms with Crippen molar-refractivity contribution in [2.24, 2.45) is 0 Å². The molecule has 0 radical (unpaired) electrons. The highest BCUT2D eigenvalue weighted by Gasteiger charge is 2.30. The fourth-order valence-electron chi connectivity index (χ4n) is 1.89. The Labute approximate surface area is 138 Å². The second-order valence-electron chi connectivity index (χ2n) is 4.15. The molecule has 1 fully saturated rings. The third-order valence-electron chi connectivity index (χ3n) is 2.98. The molecule has 0 bridgehead atoms. The Kier molecular flexibility index (Phi) is 5.13. The van der Waals surface area contributed by atoms with E-state index < -0.39 is 0 Å². The number of methoxy groups -OCH3 is 2. The molecule has 0 atom stereocenters. The van der Waals surface area contributed by atoms with Gasteiger partial charge in [-0.25, -0.2) is 0 Å². The van der Waals surface area contributed by atoms with Crippen LogP contribution >= 0.6 is 35.6 Å². The first-order valence-electron chi connectivity index (χ1n) is 6.18. The third kappa shape index (κ3) is 3.17. The van der Waals surface area contributed by atoms with Gasteiger partial charge in [0.2, 0.25) is 0 Å². The number of benzene rings is 1. The number of rotatable bonds is 4. The molecule has 7 heteroatoms. The SMILES string of the molecule is CCN1C(=O)C(=Cc2cc(OC)c(OC)cc2Cl)SC1=S. The zero-order valence-electron chi connectivity index (χ0n) is 11.8. The topological polar surface area (TPSA) is 38.8 Å². The smallest absolute Gasteiger partial charge is 0.266 e. The molecule has 21 heavy (non-hydrogen) atoms. The van der Waals surface area contributed by atoms with E-state index in [-0.39, 0.29) is 5.91 Å². The van der Waals surface area contributed by atoms with Gasteiger partial charge in [-0.1, -0.05) is 35.6 Å². The molecule has 1 aliphatic rings. The highest BCUT2D eigenvalue weighted by atomic mass is 35.5. The number of ether oxygens (including phenoxy) is 2. The van der Waals surface area contributed by atoms with Crippen LogP contribution in [-0.4, -0.2) is 35.9 Å². The summed E-state index contributed by atoms with van der Waals surface area (Å²) < 4.78 is 11.0. The van der Waals surface area contributed by atoms with Crippen molar-refractivity contribution in [1.29, 1.82) is 0 Å². The first-order chi connectivity index (χ1) is 10.0. The Morgan fingerprint density at radius 3 is 2.48 bits per heavy atom. The summed E-state index contributed by atoms with van der Waals surface area (Å²) in [5, 5.41) is 0.481. The van der Waals surface area contributed by atoms with Crippen LogP contribution in [0.15, 0.2) is 17.0 Å². The zero-order chi connectivity index (χ0) is 15.6. The number of carbonyl (C=O) groups is 1. The van der Waals surface area contributed by atoms with Crippen molar-refractivity contribution < 1.29 is 14.3 Å². The minimum atomic E-state index is -0.0987. The highest BCUT2D eigenvalue weighted by molar-refractivity contribution is 8.26. The lowest BCUT2D eigenvalue weighted by atomic mass is 10.1. The quantitative estimate of drug-likeness (QED) is 0.617. The molecule has 1 saturated heterocycles. The minimum Gasteiger partial charge on any atom is -0.493 e. The minimum absolute atomic E-state index is 0.0987. The van der Waals surface area contributed by atoms with Gasteiger partial charge in [0.05, 0.1) is 24.1 Å². The molecule has 1 heterocycles. The van der Waals surface area contributed by atoms with Gasteiger partial charge in [-0.3, -0.25) is 9.69 Å². The molecule has 0 spiro atoms. The summed E-state index contributed by atoms with van der Waals surface area (Å²) in [5.74, 6) is 0.998. The van der Waals surface area contributed by atoms with Crippen LogP contribution in [0.1, 0.15) is 12.5 Å². The lowest BCUT2D eigenvalue weighted by Gasteiger charge is -2.10. The lowest BCUT2D eigenvalue weighted by molar-refractivity contribution is -0.121. The molecule has 112 valence electrons. The number of thioether (sulfide) groups is 1. The predicted molar refractivity (Wildman–Crippen MR) is 90.1 cm³/mol. The zero-order valence-corrected chi connectivity index (χ0v) is 14.2. The summed E-state index contributed by atoms with van der Waals surface area (Å²) in [6, 6.07) is 3.40. The maximum atomic E-state index is 12.2. The average Bonchev–Trinajstić information content (AvgIpc) is 2.74. The molecule has 0 N–H and O–H groups in total. The average molecular weight is 344 g/mol. The van der Waals surface area contributed by atoms with Crippen molar-refractivity contribution in [3.8, 4) is 11.5 Å². The maximum Gasteiger partial charge on any atom is 0.266 e. The van der Waals surface area contributed by atoms with Gasteiger partial charge in [0.25, 0.3) is 5.91 Å². The number of hydrogen-bond acceptors (Lipinski definition) is 5. The number of nitrogens with zero attached hydrogens (tertiary/aromatic N) is 1. The molecule has 0 aromatic heterocycles. The Balaban J connectivity index is 2.42. The Hall–Kier alpha value is -1.24. The van der Waals surface area contributed by atoms with E-state index in [1.54, 1.807) is 37.3 Å². The second-order valence-corrected chi connectivity index (χ2v) is 6.24. The molecule has 0 aliphatic carbocycles. The van der Waals surface area contributed by atoms with E-state index in [0.717, 1.165) is 0 Å². The molecule has 1 aromatic carbocycles. The van der Waals surface area contributed by atoms with Crippen molar-refractivity contribution in [1.82, 2.24) is 4.90 Å². The van der Waals surface area contributed by atoms with Crippen LogP contribution in [0.25, 0.3) is 6.08 Å². The molecule has 1 amide bonds. The van der Waals surface area contributed by atoms with Crippen LogP contribution in [-0.2, 0) is 4.79 Å². The number of carbonyl (C=O) groups excluding carboxylic acids is 1. The van der Waals surface area contributed by atoms with Gasteiger partial charge >= 0.3 is 0 Å². The summed E-state index contributed by atoms with van der Waals surface area (Å²) in [6.45, 7) is 2.44. The first-order valence-corrected chi connectivity index (χ1v) is 7.79. The summed E-state index contributed by atoms with van der Waals surface area (Å²) in [5.41, 5.74) is 0.686. The fourth-order valence-corrected chi connectivity index (χ4v) is 3.48. The molecule has 0 unspecified atom stereocenters. The summed E-state index contributed by atoms with van der Waals surface area (Å²) >= 11 is 12.7. The Morgan fingerprint density at radius 1 is 1.33 bits per heavy atom. The van der Waals surface area contributed by atoms with E-state index in [1.807, 2.05) is 6.92 Å². The van der Waals surface area contributed by atoms with Crippen LogP contribution in [0.2, 0.25) is 5.02 Å². The van der Waals surface area contributed by atoms with Gasteiger partial charge in [-0.15, -0.1) is 0 Å². The van der Waals surface area contributed by atoms with Crippen LogP contribution in [0, 0.1) is 0 Å². The fraction of sp³-hybridized carbons (Fsp3) is 0.286. The number of halogens is 1. The van der Waals surface area contributed by atoms with Gasteiger partial charge in [0, 0.05) is 12.6 Å². The molecule has 1 aliphatic heterocycles. The summed E-state index contributed by atoms with van der Waals surface area (Å²) in [6.07, 6.45) is 1.72. The van der Waals surface area contributed by atoms with Gasteiger partial charge in [-0.2, -0.15) is 0 Å². The van der Waals surface area contributed by atoms with Gasteiger partial charge in [0.15, 0.2) is 11.5 Å². The van der Waals surface area contributed by atoms with Crippen LogP contribution in [0.5, 0.6) is 11.5 Å². The van der Waals surface area contributed by atoms with Crippen molar-refractivity contribution in [2.45, 2.75) is 6.92 Å². The van der Waals surface area contributed by atoms with E-state index in [9.17, 15) is 4.79 Å². The molecular weight excluding hydrogens is 330 g/mol. The normalized spacial score (nSPS) is 16.8. The third-order valence-corrected chi connectivity index (χ3v) is 4.68. The molecule has 1 aromatic rings. The molecule has 0 saturated carbocycles. The van der Waals surface area contributed by atoms with Crippen LogP contribution in [0.3, 0.4) is 0 Å². The van der Waals surface area contributed by atoms with E-state index in [2.05, 4.69) is 0 Å². The number of hydrogen-bond donors (Lipinski definition) is 0. The van der Waals surface area contributed by atoms with E-state index in [4.69, 9.17) is 33.3 Å². The monoisotopic (exact) mass is 343 g/mol. The van der Waals surface area contributed by atoms with Crippen LogP contribution < -0.4 is 9.47 Å². The number of amides is 1.